The number of carbonyl (C=O) groups is 2. The minimum absolute atomic E-state index is 0.0813. The van der Waals surface area contributed by atoms with Gasteiger partial charge < -0.3 is 14.9 Å². The van der Waals surface area contributed by atoms with Gasteiger partial charge in [-0.05, 0) is 51.2 Å². The summed E-state index contributed by atoms with van der Waals surface area (Å²) in [6.07, 6.45) is 3.01. The van der Waals surface area contributed by atoms with E-state index < -0.39 is 0 Å². The molecule has 0 atom stereocenters. The molecule has 1 fully saturated rings. The minimum atomic E-state index is -0.371. The smallest absolute Gasteiger partial charge is 0.261 e. The molecule has 0 unspecified atom stereocenters. The normalized spacial score (nSPS) is 18.1. The third-order valence-electron chi connectivity index (χ3n) is 5.72. The molecule has 0 spiro atoms. The van der Waals surface area contributed by atoms with Crippen molar-refractivity contribution in [3.63, 3.8) is 0 Å². The highest BCUT2D eigenvalue weighted by Gasteiger charge is 2.41. The number of fused-ring (bicyclic) bond motifs is 2. The molecule has 2 aliphatic rings. The molecule has 9 heteroatoms. The van der Waals surface area contributed by atoms with E-state index in [9.17, 15) is 14.4 Å². The molecule has 2 amide bonds. The summed E-state index contributed by atoms with van der Waals surface area (Å²) in [6.45, 7) is 1.71. The van der Waals surface area contributed by atoms with E-state index in [1.165, 1.54) is 11.1 Å². The first-order valence-electron chi connectivity index (χ1n) is 9.42. The molecule has 29 heavy (non-hydrogen) atoms. The zero-order valence-electron chi connectivity index (χ0n) is 15.7. The molecular formula is C20H18ClN5O3. The summed E-state index contributed by atoms with van der Waals surface area (Å²) in [4.78, 5) is 51.8. The monoisotopic (exact) mass is 411 g/mol. The van der Waals surface area contributed by atoms with Crippen LogP contribution in [0.4, 0.5) is 0 Å². The summed E-state index contributed by atoms with van der Waals surface area (Å²) in [5, 5.41) is 0.265. The van der Waals surface area contributed by atoms with Crippen molar-refractivity contribution >= 4 is 34.4 Å². The quantitative estimate of drug-likeness (QED) is 0.630. The average Bonchev–Trinajstić information content (AvgIpc) is 3.20. The van der Waals surface area contributed by atoms with Gasteiger partial charge in [0.25, 0.3) is 17.4 Å². The molecule has 0 saturated carbocycles. The van der Waals surface area contributed by atoms with Gasteiger partial charge in [-0.2, -0.15) is 0 Å². The van der Waals surface area contributed by atoms with Gasteiger partial charge in [0.15, 0.2) is 0 Å². The number of imide groups is 1. The number of pyridine rings is 1. The molecule has 8 nitrogen and oxygen atoms in total. The first-order valence-corrected chi connectivity index (χ1v) is 9.79. The summed E-state index contributed by atoms with van der Waals surface area (Å²) in [6, 6.07) is 4.74. The first kappa shape index (κ1) is 18.1. The number of piperidine rings is 1. The van der Waals surface area contributed by atoms with Crippen LogP contribution in [0.2, 0.25) is 5.02 Å². The Hall–Kier alpha value is -2.97. The molecule has 0 aliphatic carbocycles. The van der Waals surface area contributed by atoms with Gasteiger partial charge in [0.05, 0.1) is 27.2 Å². The lowest BCUT2D eigenvalue weighted by Crippen LogP contribution is -2.46. The number of aromatic amines is 2. The van der Waals surface area contributed by atoms with Gasteiger partial charge in [-0.15, -0.1) is 0 Å². The van der Waals surface area contributed by atoms with Gasteiger partial charge in [-0.1, -0.05) is 11.6 Å². The van der Waals surface area contributed by atoms with Crippen LogP contribution in [0.15, 0.2) is 29.2 Å². The largest absolute Gasteiger partial charge is 0.338 e. The molecule has 2 aliphatic heterocycles. The molecule has 1 saturated heterocycles. The van der Waals surface area contributed by atoms with Crippen LogP contribution in [-0.2, 0) is 0 Å². The van der Waals surface area contributed by atoms with Crippen LogP contribution >= 0.6 is 11.6 Å². The van der Waals surface area contributed by atoms with Crippen LogP contribution in [0.5, 0.6) is 0 Å². The van der Waals surface area contributed by atoms with Crippen molar-refractivity contribution in [3.8, 4) is 11.4 Å². The van der Waals surface area contributed by atoms with Crippen LogP contribution in [0, 0.1) is 0 Å². The van der Waals surface area contributed by atoms with Crippen molar-refractivity contribution in [2.75, 3.05) is 20.1 Å². The molecule has 2 aromatic heterocycles. The number of imidazole rings is 1. The SMILES string of the molecule is CN1CCC(N2C(=O)c3cc4nc(-c5c(Cl)cc[nH]c5=O)[nH]c4cc3C2=O)CC1. The van der Waals surface area contributed by atoms with Crippen molar-refractivity contribution in [3.05, 3.63) is 50.9 Å². The van der Waals surface area contributed by atoms with Gasteiger partial charge in [0.2, 0.25) is 0 Å². The predicted octanol–water partition coefficient (Wildman–Crippen LogP) is 2.26. The first-order chi connectivity index (χ1) is 13.9. The number of rotatable bonds is 2. The molecule has 2 N–H and O–H groups in total. The van der Waals surface area contributed by atoms with Crippen LogP contribution in [-0.4, -0.2) is 62.7 Å². The summed E-state index contributed by atoms with van der Waals surface area (Å²) in [5.74, 6) is -0.252. The second-order valence-corrected chi connectivity index (χ2v) is 7.95. The summed E-state index contributed by atoms with van der Waals surface area (Å²) < 4.78 is 0. The number of hydrogen-bond donors (Lipinski definition) is 2. The molecular weight excluding hydrogens is 394 g/mol. The maximum absolute atomic E-state index is 13.0. The Morgan fingerprint density at radius 2 is 1.79 bits per heavy atom. The maximum Gasteiger partial charge on any atom is 0.261 e. The number of aromatic nitrogens is 3. The molecule has 1 aromatic carbocycles. The van der Waals surface area contributed by atoms with Crippen molar-refractivity contribution < 1.29 is 9.59 Å². The summed E-state index contributed by atoms with van der Waals surface area (Å²) >= 11 is 6.16. The highest BCUT2D eigenvalue weighted by molar-refractivity contribution is 6.33. The van der Waals surface area contributed by atoms with Crippen molar-refractivity contribution in [1.29, 1.82) is 0 Å². The predicted molar refractivity (Wildman–Crippen MR) is 108 cm³/mol. The minimum Gasteiger partial charge on any atom is -0.338 e. The lowest BCUT2D eigenvalue weighted by Gasteiger charge is -2.33. The van der Waals surface area contributed by atoms with E-state index in [1.54, 1.807) is 18.2 Å². The van der Waals surface area contributed by atoms with E-state index in [0.717, 1.165) is 25.9 Å². The number of nitrogens with zero attached hydrogens (tertiary/aromatic N) is 3. The number of hydrogen-bond acceptors (Lipinski definition) is 5. The Morgan fingerprint density at radius 3 is 2.48 bits per heavy atom. The fraction of sp³-hybridized carbons (Fsp3) is 0.300. The van der Waals surface area contributed by atoms with Crippen LogP contribution < -0.4 is 5.56 Å². The standard InChI is InChI=1S/C20H18ClN5O3/c1-25-6-3-10(4-7-25)26-19(28)11-8-14-15(9-12(11)20(26)29)24-17(23-14)16-13(21)2-5-22-18(16)27/h2,5,8-10H,3-4,6-7H2,1H3,(H,22,27)(H,23,24). The molecule has 0 bridgehead atoms. The molecule has 0 radical (unpaired) electrons. The summed E-state index contributed by atoms with van der Waals surface area (Å²) in [7, 11) is 2.04. The number of H-pyrrole nitrogens is 2. The maximum atomic E-state index is 13.0. The Bertz CT molecular complexity index is 1170. The van der Waals surface area contributed by atoms with E-state index in [4.69, 9.17) is 11.6 Å². The zero-order chi connectivity index (χ0) is 20.3. The number of halogens is 1. The lowest BCUT2D eigenvalue weighted by molar-refractivity contribution is 0.0516. The van der Waals surface area contributed by atoms with Gasteiger partial charge in [-0.25, -0.2) is 4.98 Å². The van der Waals surface area contributed by atoms with Crippen LogP contribution in [0.1, 0.15) is 33.6 Å². The van der Waals surface area contributed by atoms with Crippen molar-refractivity contribution in [2.45, 2.75) is 18.9 Å². The zero-order valence-corrected chi connectivity index (χ0v) is 16.4. The molecule has 148 valence electrons. The molecule has 5 rings (SSSR count). The highest BCUT2D eigenvalue weighted by atomic mass is 35.5. The van der Waals surface area contributed by atoms with Crippen molar-refractivity contribution in [2.24, 2.45) is 0 Å². The Labute approximate surface area is 170 Å². The Morgan fingerprint density at radius 1 is 1.10 bits per heavy atom. The number of benzene rings is 1. The third kappa shape index (κ3) is 2.79. The highest BCUT2D eigenvalue weighted by Crippen LogP contribution is 2.32. The van der Waals surface area contributed by atoms with Gasteiger partial charge >= 0.3 is 0 Å². The Kier molecular flexibility index (Phi) is 4.07. The fourth-order valence-electron chi connectivity index (χ4n) is 4.14. The van der Waals surface area contributed by atoms with Crippen LogP contribution in [0.3, 0.4) is 0 Å². The topological polar surface area (TPSA) is 102 Å². The van der Waals surface area contributed by atoms with Gasteiger partial charge in [-0.3, -0.25) is 19.3 Å². The Balaban J connectivity index is 1.55. The van der Waals surface area contributed by atoms with Gasteiger partial charge in [0.1, 0.15) is 11.4 Å². The van der Waals surface area contributed by atoms with E-state index in [0.29, 0.717) is 28.0 Å². The van der Waals surface area contributed by atoms with E-state index in [2.05, 4.69) is 19.9 Å². The third-order valence-corrected chi connectivity index (χ3v) is 6.03. The fourth-order valence-corrected chi connectivity index (χ4v) is 4.38. The summed E-state index contributed by atoms with van der Waals surface area (Å²) in [5.41, 5.74) is 1.65. The molecule has 3 aromatic rings. The molecule has 4 heterocycles. The van der Waals surface area contributed by atoms with E-state index >= 15 is 0 Å². The second-order valence-electron chi connectivity index (χ2n) is 7.54. The van der Waals surface area contributed by atoms with Crippen LogP contribution in [0.25, 0.3) is 22.4 Å². The number of amides is 2. The number of nitrogens with one attached hydrogen (secondary N) is 2. The number of carbonyl (C=O) groups excluding carboxylic acids is 2. The van der Waals surface area contributed by atoms with E-state index in [-0.39, 0.29) is 34.0 Å². The van der Waals surface area contributed by atoms with Crippen molar-refractivity contribution in [1.82, 2.24) is 24.8 Å². The van der Waals surface area contributed by atoms with Gasteiger partial charge in [0, 0.05) is 12.2 Å². The van der Waals surface area contributed by atoms with E-state index in [1.807, 2.05) is 7.05 Å². The lowest BCUT2D eigenvalue weighted by atomic mass is 10.0. The average molecular weight is 412 g/mol. The number of likely N-dealkylation sites (tertiary alicyclic amines) is 1. The second kappa shape index (κ2) is 6.53.